The van der Waals surface area contributed by atoms with Crippen LogP contribution in [-0.4, -0.2) is 19.1 Å². The molecule has 0 radical (unpaired) electrons. The van der Waals surface area contributed by atoms with Crippen LogP contribution in [0.3, 0.4) is 0 Å². The Hall–Kier alpha value is -2.49. The van der Waals surface area contributed by atoms with E-state index in [2.05, 4.69) is 5.32 Å². The van der Waals surface area contributed by atoms with Gasteiger partial charge in [0.2, 0.25) is 5.91 Å². The van der Waals surface area contributed by atoms with Crippen LogP contribution in [0.2, 0.25) is 0 Å². The molecule has 1 atom stereocenters. The van der Waals surface area contributed by atoms with Crippen molar-refractivity contribution in [2.75, 3.05) is 13.2 Å². The summed E-state index contributed by atoms with van der Waals surface area (Å²) in [4.78, 5) is 11.7. The van der Waals surface area contributed by atoms with Crippen molar-refractivity contribution in [2.45, 2.75) is 5.92 Å². The fraction of sp³-hybridized carbons (Fsp3) is 0.188. The SMILES string of the molecule is O=C(/C=C/c1ccco1)NC[C@H]1COc2ccccc21. The minimum Gasteiger partial charge on any atom is -0.493 e. The van der Waals surface area contributed by atoms with Gasteiger partial charge in [-0.3, -0.25) is 4.79 Å². The van der Waals surface area contributed by atoms with E-state index in [1.165, 1.54) is 6.08 Å². The minimum absolute atomic E-state index is 0.134. The molecule has 20 heavy (non-hydrogen) atoms. The number of rotatable bonds is 4. The van der Waals surface area contributed by atoms with Crippen LogP contribution in [-0.2, 0) is 4.79 Å². The molecule has 3 rings (SSSR count). The van der Waals surface area contributed by atoms with Crippen LogP contribution < -0.4 is 10.1 Å². The molecule has 1 aromatic carbocycles. The van der Waals surface area contributed by atoms with Gasteiger partial charge >= 0.3 is 0 Å². The van der Waals surface area contributed by atoms with Crippen molar-refractivity contribution in [1.29, 1.82) is 0 Å². The summed E-state index contributed by atoms with van der Waals surface area (Å²) in [6, 6.07) is 11.5. The van der Waals surface area contributed by atoms with Crippen molar-refractivity contribution in [3.8, 4) is 5.75 Å². The van der Waals surface area contributed by atoms with E-state index in [0.717, 1.165) is 11.3 Å². The van der Waals surface area contributed by atoms with Crippen LogP contribution in [0.1, 0.15) is 17.2 Å². The highest BCUT2D eigenvalue weighted by Gasteiger charge is 2.23. The molecule has 4 nitrogen and oxygen atoms in total. The topological polar surface area (TPSA) is 51.5 Å². The molecule has 0 saturated carbocycles. The molecule has 2 heterocycles. The van der Waals surface area contributed by atoms with E-state index in [1.807, 2.05) is 24.3 Å². The molecule has 0 saturated heterocycles. The molecule has 0 fully saturated rings. The average Bonchev–Trinajstić information content (AvgIpc) is 3.12. The van der Waals surface area contributed by atoms with E-state index in [0.29, 0.717) is 18.9 Å². The monoisotopic (exact) mass is 269 g/mol. The number of ether oxygens (including phenoxy) is 1. The first kappa shape index (κ1) is 12.5. The second kappa shape index (κ2) is 5.65. The van der Waals surface area contributed by atoms with Crippen LogP contribution >= 0.6 is 0 Å². The van der Waals surface area contributed by atoms with Crippen molar-refractivity contribution in [2.24, 2.45) is 0 Å². The van der Waals surface area contributed by atoms with Gasteiger partial charge in [0.05, 0.1) is 12.9 Å². The van der Waals surface area contributed by atoms with Crippen molar-refractivity contribution >= 4 is 12.0 Å². The van der Waals surface area contributed by atoms with Gasteiger partial charge in [-0.15, -0.1) is 0 Å². The van der Waals surface area contributed by atoms with Gasteiger partial charge in [-0.1, -0.05) is 18.2 Å². The second-order valence-corrected chi connectivity index (χ2v) is 4.64. The quantitative estimate of drug-likeness (QED) is 0.868. The number of carbonyl (C=O) groups excluding carboxylic acids is 1. The highest BCUT2D eigenvalue weighted by Crippen LogP contribution is 2.32. The molecule has 2 aromatic rings. The Bertz CT molecular complexity index is 616. The number of hydrogen-bond donors (Lipinski definition) is 1. The maximum atomic E-state index is 11.7. The minimum atomic E-state index is -0.134. The lowest BCUT2D eigenvalue weighted by Gasteiger charge is -2.08. The smallest absolute Gasteiger partial charge is 0.244 e. The lowest BCUT2D eigenvalue weighted by Crippen LogP contribution is -2.27. The van der Waals surface area contributed by atoms with E-state index in [4.69, 9.17) is 9.15 Å². The first-order valence-electron chi connectivity index (χ1n) is 6.54. The predicted octanol–water partition coefficient (Wildman–Crippen LogP) is 2.59. The molecule has 102 valence electrons. The molecule has 1 amide bonds. The van der Waals surface area contributed by atoms with E-state index in [1.54, 1.807) is 24.5 Å². The Morgan fingerprint density at radius 1 is 1.30 bits per heavy atom. The van der Waals surface area contributed by atoms with Gasteiger partial charge in [-0.05, 0) is 24.3 Å². The van der Waals surface area contributed by atoms with Gasteiger partial charge < -0.3 is 14.5 Å². The number of hydrogen-bond acceptors (Lipinski definition) is 3. The fourth-order valence-corrected chi connectivity index (χ4v) is 2.22. The van der Waals surface area contributed by atoms with Gasteiger partial charge in [0, 0.05) is 24.1 Å². The standard InChI is InChI=1S/C16H15NO3/c18-16(8-7-13-4-3-9-19-13)17-10-12-11-20-15-6-2-1-5-14(12)15/h1-9,12H,10-11H2,(H,17,18)/b8-7+/t12-/m0/s1. The van der Waals surface area contributed by atoms with Gasteiger partial charge in [0.25, 0.3) is 0 Å². The summed E-state index contributed by atoms with van der Waals surface area (Å²) in [7, 11) is 0. The predicted molar refractivity (Wildman–Crippen MR) is 75.4 cm³/mol. The van der Waals surface area contributed by atoms with Gasteiger partial charge in [-0.25, -0.2) is 0 Å². The number of benzene rings is 1. The van der Waals surface area contributed by atoms with E-state index in [9.17, 15) is 4.79 Å². The lowest BCUT2D eigenvalue weighted by molar-refractivity contribution is -0.116. The van der Waals surface area contributed by atoms with Gasteiger partial charge in [-0.2, -0.15) is 0 Å². The van der Waals surface area contributed by atoms with Crippen molar-refractivity contribution in [1.82, 2.24) is 5.32 Å². The highest BCUT2D eigenvalue weighted by atomic mass is 16.5. The van der Waals surface area contributed by atoms with Crippen molar-refractivity contribution in [3.63, 3.8) is 0 Å². The molecule has 0 spiro atoms. The maximum Gasteiger partial charge on any atom is 0.244 e. The largest absolute Gasteiger partial charge is 0.493 e. The van der Waals surface area contributed by atoms with Crippen LogP contribution in [0.15, 0.2) is 53.2 Å². The Labute approximate surface area is 117 Å². The molecule has 0 unspecified atom stereocenters. The average molecular weight is 269 g/mol. The van der Waals surface area contributed by atoms with Crippen LogP contribution in [0.25, 0.3) is 6.08 Å². The molecular formula is C16H15NO3. The molecule has 1 aliphatic rings. The van der Waals surface area contributed by atoms with Gasteiger partial charge in [0.1, 0.15) is 11.5 Å². The van der Waals surface area contributed by atoms with Crippen LogP contribution in [0, 0.1) is 0 Å². The number of furan rings is 1. The molecule has 1 aliphatic heterocycles. The molecule has 0 aliphatic carbocycles. The number of amides is 1. The Morgan fingerprint density at radius 3 is 3.05 bits per heavy atom. The first-order chi connectivity index (χ1) is 9.83. The first-order valence-corrected chi connectivity index (χ1v) is 6.54. The second-order valence-electron chi connectivity index (χ2n) is 4.64. The van der Waals surface area contributed by atoms with E-state index in [-0.39, 0.29) is 11.8 Å². The lowest BCUT2D eigenvalue weighted by atomic mass is 10.0. The zero-order chi connectivity index (χ0) is 13.8. The summed E-state index contributed by atoms with van der Waals surface area (Å²) < 4.78 is 10.7. The summed E-state index contributed by atoms with van der Waals surface area (Å²) in [5, 5.41) is 2.88. The zero-order valence-electron chi connectivity index (χ0n) is 10.9. The Morgan fingerprint density at radius 2 is 2.20 bits per heavy atom. The van der Waals surface area contributed by atoms with E-state index >= 15 is 0 Å². The molecular weight excluding hydrogens is 254 g/mol. The zero-order valence-corrected chi connectivity index (χ0v) is 10.9. The molecule has 1 N–H and O–H groups in total. The highest BCUT2D eigenvalue weighted by molar-refractivity contribution is 5.91. The summed E-state index contributed by atoms with van der Waals surface area (Å²) in [5.74, 6) is 1.66. The third-order valence-corrected chi connectivity index (χ3v) is 3.26. The van der Waals surface area contributed by atoms with Crippen LogP contribution in [0.4, 0.5) is 0 Å². The molecule has 0 bridgehead atoms. The fourth-order valence-electron chi connectivity index (χ4n) is 2.22. The Kier molecular flexibility index (Phi) is 3.54. The number of carbonyl (C=O) groups is 1. The number of fused-ring (bicyclic) bond motifs is 1. The van der Waals surface area contributed by atoms with E-state index < -0.39 is 0 Å². The summed E-state index contributed by atoms with van der Waals surface area (Å²) in [5.41, 5.74) is 1.16. The summed E-state index contributed by atoms with van der Waals surface area (Å²) in [6.07, 6.45) is 4.69. The van der Waals surface area contributed by atoms with Gasteiger partial charge in [0.15, 0.2) is 0 Å². The maximum absolute atomic E-state index is 11.7. The number of para-hydroxylation sites is 1. The normalized spacial score (nSPS) is 16.9. The van der Waals surface area contributed by atoms with Crippen molar-refractivity contribution in [3.05, 3.63) is 60.1 Å². The summed E-state index contributed by atoms with van der Waals surface area (Å²) >= 11 is 0. The third kappa shape index (κ3) is 2.74. The Balaban J connectivity index is 1.54. The third-order valence-electron chi connectivity index (χ3n) is 3.26. The molecule has 1 aromatic heterocycles. The number of nitrogens with one attached hydrogen (secondary N) is 1. The van der Waals surface area contributed by atoms with Crippen LogP contribution in [0.5, 0.6) is 5.75 Å². The summed E-state index contributed by atoms with van der Waals surface area (Å²) in [6.45, 7) is 1.18. The molecule has 4 heteroatoms. The van der Waals surface area contributed by atoms with Crippen molar-refractivity contribution < 1.29 is 13.9 Å².